The molecule has 1 aromatic carbocycles. The fraction of sp³-hybridized carbons (Fsp3) is 0.583. The summed E-state index contributed by atoms with van der Waals surface area (Å²) in [6.07, 6.45) is 12.7. The standard InChI is InChI=1S/C24H35N3O/c25-13-4-16-28-23-9-7-22(8-10-23)26-18-21-17-24(21)11-14-27(15-12-24)19-20-5-2-1-3-6-20/h1-3,5-7,9-10,21-22,26H,4,8,11-19,25H2/t21?,22-/m1/s1. The van der Waals surface area contributed by atoms with Crippen molar-refractivity contribution in [3.05, 3.63) is 59.9 Å². The summed E-state index contributed by atoms with van der Waals surface area (Å²) in [5, 5.41) is 3.77. The molecule has 1 saturated heterocycles. The van der Waals surface area contributed by atoms with Gasteiger partial charge in [0.25, 0.3) is 0 Å². The second kappa shape index (κ2) is 9.25. The molecule has 4 nitrogen and oxygen atoms in total. The van der Waals surface area contributed by atoms with Crippen LogP contribution in [0.4, 0.5) is 0 Å². The highest BCUT2D eigenvalue weighted by Crippen LogP contribution is 2.59. The van der Waals surface area contributed by atoms with E-state index in [1.54, 1.807) is 0 Å². The Bertz CT molecular complexity index is 676. The average Bonchev–Trinajstić information content (AvgIpc) is 3.42. The van der Waals surface area contributed by atoms with Crippen molar-refractivity contribution in [2.75, 3.05) is 32.8 Å². The Balaban J connectivity index is 1.14. The van der Waals surface area contributed by atoms with E-state index in [4.69, 9.17) is 10.5 Å². The molecule has 3 aliphatic rings. The third-order valence-electron chi connectivity index (χ3n) is 6.77. The van der Waals surface area contributed by atoms with Gasteiger partial charge < -0.3 is 15.8 Å². The summed E-state index contributed by atoms with van der Waals surface area (Å²) < 4.78 is 5.71. The molecule has 3 N–H and O–H groups in total. The highest BCUT2D eigenvalue weighted by molar-refractivity contribution is 5.20. The van der Waals surface area contributed by atoms with E-state index < -0.39 is 0 Å². The lowest BCUT2D eigenvalue weighted by Gasteiger charge is -2.33. The van der Waals surface area contributed by atoms with Gasteiger partial charge in [-0.2, -0.15) is 0 Å². The van der Waals surface area contributed by atoms with Crippen molar-refractivity contribution in [2.45, 2.75) is 44.7 Å². The minimum absolute atomic E-state index is 0.456. The van der Waals surface area contributed by atoms with Crippen molar-refractivity contribution < 1.29 is 4.74 Å². The van der Waals surface area contributed by atoms with E-state index in [0.29, 0.717) is 18.0 Å². The van der Waals surface area contributed by atoms with Gasteiger partial charge in [0.1, 0.15) is 5.76 Å². The highest BCUT2D eigenvalue weighted by Gasteiger charge is 2.54. The van der Waals surface area contributed by atoms with Gasteiger partial charge >= 0.3 is 0 Å². The van der Waals surface area contributed by atoms with Crippen LogP contribution in [0.1, 0.15) is 37.7 Å². The molecule has 1 aromatic rings. The zero-order valence-corrected chi connectivity index (χ0v) is 17.0. The fourth-order valence-corrected chi connectivity index (χ4v) is 4.76. The summed E-state index contributed by atoms with van der Waals surface area (Å²) in [7, 11) is 0. The first-order valence-electron chi connectivity index (χ1n) is 11.0. The van der Waals surface area contributed by atoms with Gasteiger partial charge in [0.05, 0.1) is 6.61 Å². The van der Waals surface area contributed by atoms with E-state index >= 15 is 0 Å². The summed E-state index contributed by atoms with van der Waals surface area (Å²) in [5.74, 6) is 1.87. The number of allylic oxidation sites excluding steroid dienone is 1. The van der Waals surface area contributed by atoms with Crippen molar-refractivity contribution in [1.82, 2.24) is 10.2 Å². The van der Waals surface area contributed by atoms with Crippen LogP contribution in [0.15, 0.2) is 54.3 Å². The topological polar surface area (TPSA) is 50.5 Å². The lowest BCUT2D eigenvalue weighted by molar-refractivity contribution is 0.155. The second-order valence-corrected chi connectivity index (χ2v) is 8.73. The molecule has 0 amide bonds. The van der Waals surface area contributed by atoms with E-state index in [2.05, 4.69) is 58.8 Å². The maximum Gasteiger partial charge on any atom is 0.115 e. The van der Waals surface area contributed by atoms with Crippen molar-refractivity contribution in [1.29, 1.82) is 0 Å². The minimum Gasteiger partial charge on any atom is -0.494 e. The largest absolute Gasteiger partial charge is 0.494 e. The van der Waals surface area contributed by atoms with Crippen LogP contribution in [0.5, 0.6) is 0 Å². The number of ether oxygens (including phenoxy) is 1. The predicted molar refractivity (Wildman–Crippen MR) is 115 cm³/mol. The number of likely N-dealkylation sites (tertiary alicyclic amines) is 1. The van der Waals surface area contributed by atoms with E-state index in [0.717, 1.165) is 44.2 Å². The minimum atomic E-state index is 0.456. The molecule has 28 heavy (non-hydrogen) atoms. The molecule has 4 rings (SSSR count). The third-order valence-corrected chi connectivity index (χ3v) is 6.77. The predicted octanol–water partition coefficient (Wildman–Crippen LogP) is 3.46. The van der Waals surface area contributed by atoms with Crippen LogP contribution in [0.25, 0.3) is 0 Å². The number of piperidine rings is 1. The maximum absolute atomic E-state index is 5.71. The number of benzene rings is 1. The van der Waals surface area contributed by atoms with Crippen LogP contribution in [-0.2, 0) is 11.3 Å². The van der Waals surface area contributed by atoms with Gasteiger partial charge in [-0.25, -0.2) is 0 Å². The molecule has 0 radical (unpaired) electrons. The molecule has 1 unspecified atom stereocenters. The van der Waals surface area contributed by atoms with Crippen LogP contribution >= 0.6 is 0 Å². The Labute approximate surface area is 169 Å². The Morgan fingerprint density at radius 1 is 1.18 bits per heavy atom. The van der Waals surface area contributed by atoms with Gasteiger partial charge in [0, 0.05) is 12.6 Å². The normalized spacial score (nSPS) is 26.2. The van der Waals surface area contributed by atoms with Gasteiger partial charge in [-0.05, 0) is 87.3 Å². The molecule has 1 heterocycles. The number of nitrogens with one attached hydrogen (secondary N) is 1. The smallest absolute Gasteiger partial charge is 0.115 e. The molecule has 2 fully saturated rings. The summed E-state index contributed by atoms with van der Waals surface area (Å²) >= 11 is 0. The molecule has 2 aliphatic carbocycles. The molecule has 1 saturated carbocycles. The lowest BCUT2D eigenvalue weighted by Crippen LogP contribution is -2.36. The zero-order valence-electron chi connectivity index (χ0n) is 17.0. The summed E-state index contributed by atoms with van der Waals surface area (Å²) in [6.45, 7) is 6.17. The number of hydrogen-bond donors (Lipinski definition) is 2. The van der Waals surface area contributed by atoms with Crippen molar-refractivity contribution >= 4 is 0 Å². The van der Waals surface area contributed by atoms with Crippen molar-refractivity contribution in [2.24, 2.45) is 17.1 Å². The van der Waals surface area contributed by atoms with E-state index in [1.807, 2.05) is 0 Å². The molecule has 4 heteroatoms. The number of nitrogens with two attached hydrogens (primary N) is 1. The number of rotatable bonds is 9. The van der Waals surface area contributed by atoms with Crippen LogP contribution in [-0.4, -0.2) is 43.7 Å². The van der Waals surface area contributed by atoms with Crippen molar-refractivity contribution in [3.63, 3.8) is 0 Å². The molecular weight excluding hydrogens is 346 g/mol. The summed E-state index contributed by atoms with van der Waals surface area (Å²) in [4.78, 5) is 2.63. The lowest BCUT2D eigenvalue weighted by atomic mass is 9.90. The van der Waals surface area contributed by atoms with Gasteiger partial charge in [0.15, 0.2) is 0 Å². The average molecular weight is 382 g/mol. The van der Waals surface area contributed by atoms with Gasteiger partial charge in [-0.1, -0.05) is 36.4 Å². The Hall–Kier alpha value is -1.62. The monoisotopic (exact) mass is 381 g/mol. The quantitative estimate of drug-likeness (QED) is 0.643. The first-order valence-corrected chi connectivity index (χ1v) is 11.0. The number of hydrogen-bond acceptors (Lipinski definition) is 4. The summed E-state index contributed by atoms with van der Waals surface area (Å²) in [6, 6.07) is 11.3. The second-order valence-electron chi connectivity index (χ2n) is 8.73. The van der Waals surface area contributed by atoms with Crippen LogP contribution < -0.4 is 11.1 Å². The first kappa shape index (κ1) is 19.7. The van der Waals surface area contributed by atoms with Crippen LogP contribution in [0.3, 0.4) is 0 Å². The Kier molecular flexibility index (Phi) is 6.50. The van der Waals surface area contributed by atoms with Crippen LogP contribution in [0, 0.1) is 11.3 Å². The van der Waals surface area contributed by atoms with Gasteiger partial charge in [0.2, 0.25) is 0 Å². The van der Waals surface area contributed by atoms with Gasteiger partial charge in [-0.15, -0.1) is 0 Å². The van der Waals surface area contributed by atoms with E-state index in [9.17, 15) is 0 Å². The van der Waals surface area contributed by atoms with E-state index in [1.165, 1.54) is 37.9 Å². The van der Waals surface area contributed by atoms with Gasteiger partial charge in [-0.3, -0.25) is 4.90 Å². The molecule has 2 atom stereocenters. The Morgan fingerprint density at radius 3 is 2.71 bits per heavy atom. The molecule has 1 aliphatic heterocycles. The molecule has 0 bridgehead atoms. The zero-order chi connectivity index (χ0) is 19.2. The maximum atomic E-state index is 5.71. The Morgan fingerprint density at radius 2 is 2.00 bits per heavy atom. The highest BCUT2D eigenvalue weighted by atomic mass is 16.5. The number of nitrogens with zero attached hydrogens (tertiary/aromatic N) is 1. The van der Waals surface area contributed by atoms with E-state index in [-0.39, 0.29) is 0 Å². The molecule has 152 valence electrons. The molecular formula is C24H35N3O. The SMILES string of the molecule is NCCCOC1=CC[C@H](NCC2CC23CCN(Cc2ccccc2)CC3)C=C1. The van der Waals surface area contributed by atoms with Crippen LogP contribution in [0.2, 0.25) is 0 Å². The molecule has 1 spiro atoms. The first-order chi connectivity index (χ1) is 13.8. The van der Waals surface area contributed by atoms with Crippen molar-refractivity contribution in [3.8, 4) is 0 Å². The molecule has 0 aromatic heterocycles. The summed E-state index contributed by atoms with van der Waals surface area (Å²) in [5.41, 5.74) is 7.58. The fourth-order valence-electron chi connectivity index (χ4n) is 4.76. The third kappa shape index (κ3) is 5.05.